The Kier molecular flexibility index (Phi) is 9.06. The zero-order chi connectivity index (χ0) is 29.8. The smallest absolute Gasteiger partial charge is 0.344 e. The fraction of sp³-hybridized carbons (Fsp3) is 0.364. The minimum Gasteiger partial charge on any atom is -0.506 e. The van der Waals surface area contributed by atoms with Crippen LogP contribution in [-0.2, 0) is 27.3 Å². The van der Waals surface area contributed by atoms with Crippen molar-refractivity contribution in [2.45, 2.75) is 59.0 Å². The number of aliphatic hydroxyl groups excluding tert-OH is 1. The summed E-state index contributed by atoms with van der Waals surface area (Å²) in [6.45, 7) is 7.16. The standard InChI is InChI=1S/C33H37N3O5S/c1-5-22-11-9-12-26-23(19-35(30(22)26)20-28(37)36-17-8-7-10-21(36)3)18-27-31(38)29(33(39)41-6-2)32(42-27)34-24-13-15-25(40-4)16-14-24/h9,11-16,18-19,21,38H,5-8,10,17,20H2,1-4H3/b27-18-,34-32?/t21-/m1/s1. The van der Waals surface area contributed by atoms with Crippen LogP contribution in [0.4, 0.5) is 5.69 Å². The first kappa shape index (κ1) is 29.5. The van der Waals surface area contributed by atoms with Gasteiger partial charge in [0.25, 0.3) is 0 Å². The highest BCUT2D eigenvalue weighted by Crippen LogP contribution is 2.41. The van der Waals surface area contributed by atoms with Gasteiger partial charge in [-0.1, -0.05) is 36.9 Å². The molecule has 1 atom stereocenters. The quantitative estimate of drug-likeness (QED) is 0.291. The molecule has 0 unspecified atom stereocenters. The van der Waals surface area contributed by atoms with E-state index < -0.39 is 5.97 Å². The Morgan fingerprint density at radius 2 is 1.93 bits per heavy atom. The third kappa shape index (κ3) is 5.97. The summed E-state index contributed by atoms with van der Waals surface area (Å²) in [5, 5.41) is 12.6. The van der Waals surface area contributed by atoms with Gasteiger partial charge >= 0.3 is 5.97 Å². The number of esters is 1. The maximum Gasteiger partial charge on any atom is 0.344 e. The van der Waals surface area contributed by atoms with Crippen molar-refractivity contribution in [3.8, 4) is 5.75 Å². The Bertz CT molecular complexity index is 1580. The topological polar surface area (TPSA) is 93.4 Å². The van der Waals surface area contributed by atoms with Gasteiger partial charge in [0.05, 0.1) is 29.8 Å². The third-order valence-corrected chi connectivity index (χ3v) is 8.80. The third-order valence-electron chi connectivity index (χ3n) is 7.78. The second-order valence-electron chi connectivity index (χ2n) is 10.5. The van der Waals surface area contributed by atoms with E-state index in [2.05, 4.69) is 24.9 Å². The number of methoxy groups -OCH3 is 1. The van der Waals surface area contributed by atoms with E-state index in [1.165, 1.54) is 11.8 Å². The molecular formula is C33H37N3O5S. The molecule has 3 aromatic rings. The molecule has 0 radical (unpaired) electrons. The maximum atomic E-state index is 13.4. The summed E-state index contributed by atoms with van der Waals surface area (Å²) in [4.78, 5) is 33.5. The van der Waals surface area contributed by atoms with Crippen LogP contribution in [0.3, 0.4) is 0 Å². The summed E-state index contributed by atoms with van der Waals surface area (Å²) < 4.78 is 12.5. The molecule has 8 nitrogen and oxygen atoms in total. The second-order valence-corrected chi connectivity index (χ2v) is 11.5. The molecule has 220 valence electrons. The number of fused-ring (bicyclic) bond motifs is 1. The highest BCUT2D eigenvalue weighted by Gasteiger charge is 2.33. The van der Waals surface area contributed by atoms with Gasteiger partial charge in [-0.2, -0.15) is 0 Å². The Morgan fingerprint density at radius 3 is 2.62 bits per heavy atom. The lowest BCUT2D eigenvalue weighted by atomic mass is 10.0. The highest BCUT2D eigenvalue weighted by molar-refractivity contribution is 8.18. The lowest BCUT2D eigenvalue weighted by Crippen LogP contribution is -2.43. The average Bonchev–Trinajstić information content (AvgIpc) is 3.49. The van der Waals surface area contributed by atoms with Crippen LogP contribution in [0.1, 0.15) is 51.2 Å². The predicted octanol–water partition coefficient (Wildman–Crippen LogP) is 6.81. The largest absolute Gasteiger partial charge is 0.506 e. The Balaban J connectivity index is 1.55. The fourth-order valence-electron chi connectivity index (χ4n) is 5.60. The lowest BCUT2D eigenvalue weighted by Gasteiger charge is -2.33. The number of amides is 1. The number of likely N-dealkylation sites (tertiary alicyclic amines) is 1. The second kappa shape index (κ2) is 12.9. The molecule has 42 heavy (non-hydrogen) atoms. The molecule has 2 aliphatic rings. The van der Waals surface area contributed by atoms with Crippen molar-refractivity contribution in [3.05, 3.63) is 76.0 Å². The minimum absolute atomic E-state index is 0.0381. The van der Waals surface area contributed by atoms with Gasteiger partial charge in [-0.15, -0.1) is 0 Å². The van der Waals surface area contributed by atoms with Crippen LogP contribution in [0.25, 0.3) is 17.0 Å². The first-order valence-corrected chi connectivity index (χ1v) is 15.3. The van der Waals surface area contributed by atoms with Crippen molar-refractivity contribution in [1.29, 1.82) is 0 Å². The molecule has 2 aliphatic heterocycles. The molecule has 0 saturated carbocycles. The van der Waals surface area contributed by atoms with E-state index in [0.717, 1.165) is 54.3 Å². The van der Waals surface area contributed by atoms with Crippen molar-refractivity contribution in [2.75, 3.05) is 20.3 Å². The number of carbonyl (C=O) groups is 2. The van der Waals surface area contributed by atoms with Gasteiger partial charge in [0.1, 0.15) is 28.7 Å². The van der Waals surface area contributed by atoms with Crippen LogP contribution in [0.5, 0.6) is 5.75 Å². The van der Waals surface area contributed by atoms with E-state index in [4.69, 9.17) is 9.47 Å². The van der Waals surface area contributed by atoms with Gasteiger partial charge < -0.3 is 24.0 Å². The van der Waals surface area contributed by atoms with Crippen LogP contribution < -0.4 is 4.74 Å². The number of rotatable bonds is 8. The van der Waals surface area contributed by atoms with E-state index >= 15 is 0 Å². The SMILES string of the molecule is CCOC(=O)C1=C(O)/C(=C/c2cn(CC(=O)N3CCCC[C@H]3C)c3c(CC)cccc23)SC1=Nc1ccc(OC)cc1. The number of aryl methyl sites for hydroxylation is 1. The van der Waals surface area contributed by atoms with Crippen LogP contribution in [0.2, 0.25) is 0 Å². The van der Waals surface area contributed by atoms with Crippen molar-refractivity contribution >= 4 is 51.3 Å². The van der Waals surface area contributed by atoms with E-state index in [0.29, 0.717) is 21.4 Å². The maximum absolute atomic E-state index is 13.4. The molecule has 1 saturated heterocycles. The number of piperidine rings is 1. The number of ether oxygens (including phenoxy) is 2. The number of hydrogen-bond acceptors (Lipinski definition) is 7. The van der Waals surface area contributed by atoms with E-state index in [1.807, 2.05) is 33.9 Å². The molecule has 5 rings (SSSR count). The predicted molar refractivity (Wildman–Crippen MR) is 168 cm³/mol. The first-order valence-electron chi connectivity index (χ1n) is 14.5. The van der Waals surface area contributed by atoms with Gasteiger partial charge in [-0.25, -0.2) is 9.79 Å². The zero-order valence-electron chi connectivity index (χ0n) is 24.6. The van der Waals surface area contributed by atoms with E-state index in [9.17, 15) is 14.7 Å². The van der Waals surface area contributed by atoms with Crippen LogP contribution in [-0.4, -0.2) is 57.8 Å². The summed E-state index contributed by atoms with van der Waals surface area (Å²) in [5.41, 5.74) is 3.65. The molecule has 1 fully saturated rings. The Morgan fingerprint density at radius 1 is 1.14 bits per heavy atom. The van der Waals surface area contributed by atoms with Crippen molar-refractivity contribution in [3.63, 3.8) is 0 Å². The number of para-hydroxylation sites is 1. The number of aliphatic hydroxyl groups is 1. The van der Waals surface area contributed by atoms with E-state index in [1.54, 1.807) is 38.3 Å². The summed E-state index contributed by atoms with van der Waals surface area (Å²) in [7, 11) is 1.59. The highest BCUT2D eigenvalue weighted by atomic mass is 32.2. The summed E-state index contributed by atoms with van der Waals surface area (Å²) in [6, 6.07) is 13.5. The molecule has 1 amide bonds. The summed E-state index contributed by atoms with van der Waals surface area (Å²) >= 11 is 1.22. The minimum atomic E-state index is -0.630. The molecule has 1 N–H and O–H groups in total. The van der Waals surface area contributed by atoms with Crippen LogP contribution in [0.15, 0.2) is 69.9 Å². The van der Waals surface area contributed by atoms with Crippen molar-refractivity contribution < 1.29 is 24.2 Å². The summed E-state index contributed by atoms with van der Waals surface area (Å²) in [6.07, 6.45) is 7.87. The average molecular weight is 588 g/mol. The van der Waals surface area contributed by atoms with Crippen LogP contribution in [0, 0.1) is 0 Å². The van der Waals surface area contributed by atoms with Crippen LogP contribution >= 0.6 is 11.8 Å². The molecule has 0 spiro atoms. The number of carbonyl (C=O) groups excluding carboxylic acids is 2. The Labute approximate surface area is 250 Å². The lowest BCUT2D eigenvalue weighted by molar-refractivity contribution is -0.138. The number of thioether (sulfide) groups is 1. The number of aliphatic imine (C=N–C) groups is 1. The molecular weight excluding hydrogens is 550 g/mol. The molecule has 2 aromatic carbocycles. The molecule has 0 aliphatic carbocycles. The fourth-order valence-corrected chi connectivity index (χ4v) is 6.63. The molecule has 1 aromatic heterocycles. The monoisotopic (exact) mass is 587 g/mol. The Hall–Kier alpha value is -3.98. The van der Waals surface area contributed by atoms with Crippen molar-refractivity contribution in [1.82, 2.24) is 9.47 Å². The number of hydrogen-bond donors (Lipinski definition) is 1. The van der Waals surface area contributed by atoms with Gasteiger partial charge in [-0.05, 0) is 75.4 Å². The number of nitrogens with zero attached hydrogens (tertiary/aromatic N) is 3. The van der Waals surface area contributed by atoms with Gasteiger partial charge in [-0.3, -0.25) is 4.79 Å². The number of benzene rings is 2. The molecule has 0 bridgehead atoms. The molecule has 3 heterocycles. The number of aromatic nitrogens is 1. The van der Waals surface area contributed by atoms with Gasteiger partial charge in [0.2, 0.25) is 5.91 Å². The first-order chi connectivity index (χ1) is 20.3. The van der Waals surface area contributed by atoms with Crippen molar-refractivity contribution in [2.24, 2.45) is 4.99 Å². The zero-order valence-corrected chi connectivity index (χ0v) is 25.4. The van der Waals surface area contributed by atoms with Gasteiger partial charge in [0.15, 0.2) is 0 Å². The molecule has 9 heteroatoms. The van der Waals surface area contributed by atoms with Gasteiger partial charge in [0, 0.05) is 29.7 Å². The normalized spacial score (nSPS) is 19.2. The summed E-state index contributed by atoms with van der Waals surface area (Å²) in [5.74, 6) is 0.00552. The van der Waals surface area contributed by atoms with E-state index in [-0.39, 0.29) is 36.4 Å².